The van der Waals surface area contributed by atoms with Crippen LogP contribution >= 0.6 is 7.82 Å². The topological polar surface area (TPSA) is 105 Å². The number of unbranched alkanes of at least 4 members (excludes halogenated alkanes) is 31. The Morgan fingerprint density at radius 3 is 1.15 bits per heavy atom. The summed E-state index contributed by atoms with van der Waals surface area (Å²) in [7, 11) is 1.55. The van der Waals surface area contributed by atoms with E-state index in [0.717, 1.165) is 83.5 Å². The third kappa shape index (κ3) is 62.8. The van der Waals surface area contributed by atoms with E-state index in [2.05, 4.69) is 116 Å². The van der Waals surface area contributed by atoms with E-state index in [4.69, 9.17) is 9.05 Å². The molecule has 1 amide bonds. The first-order chi connectivity index (χ1) is 39.0. The summed E-state index contributed by atoms with van der Waals surface area (Å²) in [5.41, 5.74) is 0. The van der Waals surface area contributed by atoms with Crippen molar-refractivity contribution in [1.82, 2.24) is 5.32 Å². The molecular formula is C71H128N2O6P+. The maximum absolute atomic E-state index is 13.0. The highest BCUT2D eigenvalue weighted by Gasteiger charge is 2.27. The molecule has 0 fully saturated rings. The second-order valence-electron chi connectivity index (χ2n) is 23.4. The fourth-order valence-electron chi connectivity index (χ4n) is 9.31. The first kappa shape index (κ1) is 77.2. The van der Waals surface area contributed by atoms with Gasteiger partial charge in [-0.1, -0.05) is 290 Å². The van der Waals surface area contributed by atoms with E-state index in [1.165, 1.54) is 180 Å². The zero-order valence-electron chi connectivity index (χ0n) is 52.8. The Hall–Kier alpha value is -2.84. The van der Waals surface area contributed by atoms with Crippen LogP contribution in [0.15, 0.2) is 109 Å². The minimum absolute atomic E-state index is 0.0511. The first-order valence-corrected chi connectivity index (χ1v) is 34.8. The number of hydrogen-bond donors (Lipinski definition) is 3. The van der Waals surface area contributed by atoms with E-state index >= 15 is 0 Å². The number of likely N-dealkylation sites (N-methyl/N-ethyl adjacent to an activating group) is 1. The largest absolute Gasteiger partial charge is 0.472 e. The predicted octanol–water partition coefficient (Wildman–Crippen LogP) is 21.1. The van der Waals surface area contributed by atoms with Crippen LogP contribution in [0.1, 0.15) is 284 Å². The number of aliphatic hydroxyl groups excluding tert-OH is 1. The number of carbonyl (C=O) groups excluding carboxylic acids is 1. The molecule has 0 bridgehead atoms. The Morgan fingerprint density at radius 2 is 0.762 bits per heavy atom. The SMILES string of the molecule is CC/C=C\C/C=C\C/C=C\C/C=C\C/C=C\C/C=C\CCCCCCCCCCCCCCCCCCCCCCC(=O)NC(COP(=O)(O)OCC[N+](C)(C)C)C(O)/C=C/CC/C=C/CC/C=C/CCCCCCCCCCC. The van der Waals surface area contributed by atoms with Gasteiger partial charge in [0, 0.05) is 6.42 Å². The van der Waals surface area contributed by atoms with E-state index in [9.17, 15) is 19.4 Å². The minimum atomic E-state index is -4.37. The van der Waals surface area contributed by atoms with Crippen LogP contribution in [-0.2, 0) is 18.4 Å². The number of nitrogens with zero attached hydrogens (tertiary/aromatic N) is 1. The number of allylic oxidation sites excluding steroid dienone is 17. The molecule has 0 aliphatic carbocycles. The summed E-state index contributed by atoms with van der Waals surface area (Å²) in [5.74, 6) is -0.190. The van der Waals surface area contributed by atoms with Crippen molar-refractivity contribution < 1.29 is 32.9 Å². The molecule has 0 spiro atoms. The van der Waals surface area contributed by atoms with Crippen LogP contribution in [0.25, 0.3) is 0 Å². The van der Waals surface area contributed by atoms with Gasteiger partial charge in [0.2, 0.25) is 5.91 Å². The standard InChI is InChI=1S/C71H127N2O6P/c1-6-8-10-12-14-16-18-20-22-24-26-27-28-29-30-31-32-33-34-35-36-37-38-39-40-41-42-43-44-45-47-49-51-53-55-57-59-61-63-65-71(75)72-69(68-79-80(76,77)78-67-66-73(3,4)5)70(74)64-62-60-58-56-54-52-50-48-46-25-23-21-19-17-15-13-11-9-7-2/h8,10,14,16,20,22,26-27,29-30,32-33,46,48,54,56,62,64,69-70,74H,6-7,9,11-13,15,17-19,21,23-25,28,31,34-45,47,49-53,55,57-61,63,65-68H2,1-5H3,(H-,72,75,76,77)/p+1/b10-8-,16-14-,22-20-,27-26-,30-29-,33-32-,48-46+,56-54+,64-62+. The zero-order valence-corrected chi connectivity index (χ0v) is 53.7. The van der Waals surface area contributed by atoms with Crippen molar-refractivity contribution in [1.29, 1.82) is 0 Å². The highest BCUT2D eigenvalue weighted by Crippen LogP contribution is 2.43. The van der Waals surface area contributed by atoms with Crippen molar-refractivity contribution in [2.75, 3.05) is 40.9 Å². The summed E-state index contributed by atoms with van der Waals surface area (Å²) in [5, 5.41) is 13.9. The smallest absolute Gasteiger partial charge is 0.387 e. The summed E-state index contributed by atoms with van der Waals surface area (Å²) in [4.78, 5) is 23.4. The molecule has 0 rings (SSSR count). The number of phosphoric acid groups is 1. The quantitative estimate of drug-likeness (QED) is 0.0243. The van der Waals surface area contributed by atoms with Crippen molar-refractivity contribution in [2.24, 2.45) is 0 Å². The van der Waals surface area contributed by atoms with E-state index in [-0.39, 0.29) is 19.1 Å². The van der Waals surface area contributed by atoms with E-state index in [1.54, 1.807) is 6.08 Å². The Kier molecular flexibility index (Phi) is 58.6. The van der Waals surface area contributed by atoms with Gasteiger partial charge in [-0.3, -0.25) is 13.8 Å². The van der Waals surface area contributed by atoms with Gasteiger partial charge in [-0.2, -0.15) is 0 Å². The zero-order chi connectivity index (χ0) is 58.4. The molecule has 8 nitrogen and oxygen atoms in total. The second kappa shape index (κ2) is 60.7. The van der Waals surface area contributed by atoms with Gasteiger partial charge in [-0.05, 0) is 96.3 Å². The van der Waals surface area contributed by atoms with Gasteiger partial charge in [0.05, 0.1) is 39.9 Å². The van der Waals surface area contributed by atoms with Crippen LogP contribution in [0.3, 0.4) is 0 Å². The van der Waals surface area contributed by atoms with Crippen LogP contribution in [0.4, 0.5) is 0 Å². The second-order valence-corrected chi connectivity index (χ2v) is 24.9. The van der Waals surface area contributed by atoms with Crippen molar-refractivity contribution >= 4 is 13.7 Å². The van der Waals surface area contributed by atoms with Gasteiger partial charge in [0.15, 0.2) is 0 Å². The van der Waals surface area contributed by atoms with Crippen LogP contribution in [0.5, 0.6) is 0 Å². The number of carbonyl (C=O) groups is 1. The van der Waals surface area contributed by atoms with E-state index in [0.29, 0.717) is 17.4 Å². The molecule has 0 aliphatic rings. The van der Waals surface area contributed by atoms with E-state index < -0.39 is 20.0 Å². The van der Waals surface area contributed by atoms with Crippen LogP contribution < -0.4 is 5.32 Å². The summed E-state index contributed by atoms with van der Waals surface area (Å²) >= 11 is 0. The lowest BCUT2D eigenvalue weighted by Gasteiger charge is -2.25. The Morgan fingerprint density at radius 1 is 0.438 bits per heavy atom. The number of rotatable bonds is 60. The maximum Gasteiger partial charge on any atom is 0.472 e. The van der Waals surface area contributed by atoms with Crippen LogP contribution in [0, 0.1) is 0 Å². The fraction of sp³-hybridized carbons (Fsp3) is 0.732. The Bertz CT molecular complexity index is 1670. The lowest BCUT2D eigenvalue weighted by atomic mass is 10.0. The van der Waals surface area contributed by atoms with Crippen molar-refractivity contribution in [3.63, 3.8) is 0 Å². The number of hydrogen-bond acceptors (Lipinski definition) is 5. The first-order valence-electron chi connectivity index (χ1n) is 33.3. The van der Waals surface area contributed by atoms with Gasteiger partial charge in [-0.25, -0.2) is 4.57 Å². The van der Waals surface area contributed by atoms with E-state index in [1.807, 2.05) is 27.2 Å². The molecule has 80 heavy (non-hydrogen) atoms. The van der Waals surface area contributed by atoms with Gasteiger partial charge >= 0.3 is 7.82 Å². The monoisotopic (exact) mass is 1140 g/mol. The molecule has 0 aliphatic heterocycles. The van der Waals surface area contributed by atoms with Gasteiger partial charge in [-0.15, -0.1) is 0 Å². The summed E-state index contributed by atoms with van der Waals surface area (Å²) in [6.07, 6.45) is 89.4. The number of phosphoric ester groups is 1. The fourth-order valence-corrected chi connectivity index (χ4v) is 10.1. The lowest BCUT2D eigenvalue weighted by Crippen LogP contribution is -2.45. The summed E-state index contributed by atoms with van der Waals surface area (Å²) in [6.45, 7) is 4.68. The van der Waals surface area contributed by atoms with Crippen LogP contribution in [-0.4, -0.2) is 73.4 Å². The van der Waals surface area contributed by atoms with Crippen molar-refractivity contribution in [3.8, 4) is 0 Å². The molecule has 9 heteroatoms. The minimum Gasteiger partial charge on any atom is -0.387 e. The molecule has 3 atom stereocenters. The van der Waals surface area contributed by atoms with Gasteiger partial charge in [0.1, 0.15) is 13.2 Å². The Balaban J connectivity index is 4.04. The average molecular weight is 1140 g/mol. The normalized spacial score (nSPS) is 14.4. The van der Waals surface area contributed by atoms with Gasteiger partial charge < -0.3 is 19.8 Å². The molecule has 0 saturated carbocycles. The molecule has 0 aromatic heterocycles. The predicted molar refractivity (Wildman–Crippen MR) is 350 cm³/mol. The number of quaternary nitrogens is 1. The molecule has 0 aromatic carbocycles. The molecule has 3 N–H and O–H groups in total. The maximum atomic E-state index is 13.0. The molecule has 462 valence electrons. The van der Waals surface area contributed by atoms with Crippen LogP contribution in [0.2, 0.25) is 0 Å². The number of amides is 1. The van der Waals surface area contributed by atoms with Crippen molar-refractivity contribution in [2.45, 2.75) is 296 Å². The molecule has 0 saturated heterocycles. The third-order valence-corrected chi connectivity index (χ3v) is 15.4. The molecule has 3 unspecified atom stereocenters. The molecule has 0 aromatic rings. The number of nitrogens with one attached hydrogen (secondary N) is 1. The van der Waals surface area contributed by atoms with Crippen molar-refractivity contribution in [3.05, 3.63) is 109 Å². The third-order valence-electron chi connectivity index (χ3n) is 14.5. The molecule has 0 heterocycles. The Labute approximate surface area is 495 Å². The highest BCUT2D eigenvalue weighted by molar-refractivity contribution is 7.47. The molecule has 0 radical (unpaired) electrons. The highest BCUT2D eigenvalue weighted by atomic mass is 31.2. The summed E-state index contributed by atoms with van der Waals surface area (Å²) in [6, 6.07) is -0.874. The lowest BCUT2D eigenvalue weighted by molar-refractivity contribution is -0.870. The van der Waals surface area contributed by atoms with Gasteiger partial charge in [0.25, 0.3) is 0 Å². The average Bonchev–Trinajstić information content (AvgIpc) is 3.42. The summed E-state index contributed by atoms with van der Waals surface area (Å²) < 4.78 is 23.7. The molecular weight excluding hydrogens is 1010 g/mol. The number of aliphatic hydroxyl groups is 1.